The fourth-order valence-corrected chi connectivity index (χ4v) is 2.82. The number of halogens is 1. The Balaban J connectivity index is 2.28. The third kappa shape index (κ3) is 3.00. The van der Waals surface area contributed by atoms with E-state index in [1.807, 2.05) is 13.0 Å². The lowest BCUT2D eigenvalue weighted by atomic mass is 10.1. The molecule has 2 aromatic rings. The maximum atomic E-state index is 12.1. The molecule has 1 amide bonds. The third-order valence-electron chi connectivity index (χ3n) is 2.71. The van der Waals surface area contributed by atoms with Gasteiger partial charge < -0.3 is 10.4 Å². The Bertz CT molecular complexity index is 666. The van der Waals surface area contributed by atoms with Gasteiger partial charge in [0, 0.05) is 4.88 Å². The summed E-state index contributed by atoms with van der Waals surface area (Å²) in [5.41, 5.74) is 0.0937. The Morgan fingerprint density at radius 2 is 2.05 bits per heavy atom. The summed E-state index contributed by atoms with van der Waals surface area (Å²) in [7, 11) is 0. The van der Waals surface area contributed by atoms with E-state index in [2.05, 4.69) is 5.32 Å². The van der Waals surface area contributed by atoms with Gasteiger partial charge in [0.2, 0.25) is 0 Å². The number of thiophene rings is 1. The number of nitrogens with one attached hydrogen (secondary N) is 1. The molecule has 0 aliphatic carbocycles. The van der Waals surface area contributed by atoms with Gasteiger partial charge in [0.25, 0.3) is 5.91 Å². The van der Waals surface area contributed by atoms with Crippen molar-refractivity contribution in [2.24, 2.45) is 0 Å². The highest BCUT2D eigenvalue weighted by Crippen LogP contribution is 2.26. The van der Waals surface area contributed by atoms with Crippen LogP contribution in [0.25, 0.3) is 0 Å². The molecule has 1 heterocycles. The molecular formula is C14H12ClNO3S. The van der Waals surface area contributed by atoms with E-state index in [0.29, 0.717) is 4.88 Å². The SMILES string of the molecule is CCc1ccc(C(=O)Nc2cccc(Cl)c2C(=O)O)s1. The van der Waals surface area contributed by atoms with Crippen molar-refractivity contribution >= 4 is 40.5 Å². The third-order valence-corrected chi connectivity index (χ3v) is 4.25. The summed E-state index contributed by atoms with van der Waals surface area (Å²) in [6, 6.07) is 8.19. The van der Waals surface area contributed by atoms with Crippen molar-refractivity contribution < 1.29 is 14.7 Å². The van der Waals surface area contributed by atoms with Crippen LogP contribution in [0.5, 0.6) is 0 Å². The van der Waals surface area contributed by atoms with E-state index in [9.17, 15) is 9.59 Å². The van der Waals surface area contributed by atoms with Crippen molar-refractivity contribution in [3.05, 3.63) is 50.7 Å². The lowest BCUT2D eigenvalue weighted by Gasteiger charge is -2.08. The van der Waals surface area contributed by atoms with Crippen LogP contribution in [0.2, 0.25) is 5.02 Å². The van der Waals surface area contributed by atoms with Crippen LogP contribution in [-0.2, 0) is 6.42 Å². The average Bonchev–Trinajstić information content (AvgIpc) is 2.87. The predicted molar refractivity (Wildman–Crippen MR) is 80.1 cm³/mol. The highest BCUT2D eigenvalue weighted by Gasteiger charge is 2.17. The van der Waals surface area contributed by atoms with Gasteiger partial charge in [-0.15, -0.1) is 11.3 Å². The van der Waals surface area contributed by atoms with Crippen LogP contribution in [0.1, 0.15) is 31.8 Å². The van der Waals surface area contributed by atoms with Crippen LogP contribution in [0.15, 0.2) is 30.3 Å². The quantitative estimate of drug-likeness (QED) is 0.899. The van der Waals surface area contributed by atoms with Gasteiger partial charge in [-0.25, -0.2) is 4.79 Å². The second-order valence-electron chi connectivity index (χ2n) is 4.04. The molecule has 20 heavy (non-hydrogen) atoms. The van der Waals surface area contributed by atoms with Gasteiger partial charge in [-0.1, -0.05) is 24.6 Å². The van der Waals surface area contributed by atoms with E-state index in [0.717, 1.165) is 11.3 Å². The molecule has 2 N–H and O–H groups in total. The molecule has 6 heteroatoms. The van der Waals surface area contributed by atoms with Gasteiger partial charge in [0.1, 0.15) is 5.56 Å². The van der Waals surface area contributed by atoms with Crippen molar-refractivity contribution in [2.45, 2.75) is 13.3 Å². The lowest BCUT2D eigenvalue weighted by molar-refractivity contribution is 0.0698. The molecule has 0 aliphatic heterocycles. The molecular weight excluding hydrogens is 298 g/mol. The predicted octanol–water partition coefficient (Wildman–Crippen LogP) is 3.91. The number of aromatic carboxylic acids is 1. The number of benzene rings is 1. The van der Waals surface area contributed by atoms with Gasteiger partial charge in [-0.2, -0.15) is 0 Å². The van der Waals surface area contributed by atoms with E-state index in [1.54, 1.807) is 12.1 Å². The summed E-state index contributed by atoms with van der Waals surface area (Å²) in [5.74, 6) is -1.51. The normalized spacial score (nSPS) is 10.3. The Morgan fingerprint density at radius 1 is 1.30 bits per heavy atom. The van der Waals surface area contributed by atoms with Crippen LogP contribution in [0.3, 0.4) is 0 Å². The number of aryl methyl sites for hydroxylation is 1. The summed E-state index contributed by atoms with van der Waals surface area (Å²) in [6.45, 7) is 2.01. The minimum atomic E-state index is -1.17. The van der Waals surface area contributed by atoms with Gasteiger partial charge >= 0.3 is 5.97 Å². The number of hydrogen-bond acceptors (Lipinski definition) is 3. The van der Waals surface area contributed by atoms with Crippen LogP contribution in [-0.4, -0.2) is 17.0 Å². The fourth-order valence-electron chi connectivity index (χ4n) is 1.72. The fraction of sp³-hybridized carbons (Fsp3) is 0.143. The van der Waals surface area contributed by atoms with Gasteiger partial charge in [0.05, 0.1) is 15.6 Å². The first-order chi connectivity index (χ1) is 9.52. The molecule has 0 atom stereocenters. The van der Waals surface area contributed by atoms with Crippen molar-refractivity contribution in [3.8, 4) is 0 Å². The monoisotopic (exact) mass is 309 g/mol. The molecule has 0 spiro atoms. The largest absolute Gasteiger partial charge is 0.478 e. The van der Waals surface area contributed by atoms with E-state index < -0.39 is 5.97 Å². The summed E-state index contributed by atoms with van der Waals surface area (Å²) in [4.78, 5) is 24.9. The number of hydrogen-bond donors (Lipinski definition) is 2. The number of carboxylic acid groups (broad SMARTS) is 1. The van der Waals surface area contributed by atoms with Crippen LogP contribution in [0.4, 0.5) is 5.69 Å². The molecule has 0 fully saturated rings. The minimum absolute atomic E-state index is 0.0933. The molecule has 0 bridgehead atoms. The summed E-state index contributed by atoms with van der Waals surface area (Å²) in [6.07, 6.45) is 0.857. The van der Waals surface area contributed by atoms with Crippen molar-refractivity contribution in [3.63, 3.8) is 0 Å². The zero-order valence-electron chi connectivity index (χ0n) is 10.6. The summed E-state index contributed by atoms with van der Waals surface area (Å²) < 4.78 is 0. The number of carboxylic acids is 1. The molecule has 0 saturated heterocycles. The number of anilines is 1. The number of rotatable bonds is 4. The second-order valence-corrected chi connectivity index (χ2v) is 5.62. The van der Waals surface area contributed by atoms with E-state index in [-0.39, 0.29) is 22.2 Å². The molecule has 0 radical (unpaired) electrons. The number of carbonyl (C=O) groups excluding carboxylic acids is 1. The van der Waals surface area contributed by atoms with Crippen molar-refractivity contribution in [1.82, 2.24) is 0 Å². The maximum Gasteiger partial charge on any atom is 0.339 e. The van der Waals surface area contributed by atoms with Crippen molar-refractivity contribution in [1.29, 1.82) is 0 Å². The Morgan fingerprint density at radius 3 is 2.65 bits per heavy atom. The molecule has 0 saturated carbocycles. The molecule has 2 rings (SSSR count). The van der Waals surface area contributed by atoms with E-state index in [1.165, 1.54) is 23.5 Å². The number of amides is 1. The topological polar surface area (TPSA) is 66.4 Å². The van der Waals surface area contributed by atoms with Crippen LogP contribution < -0.4 is 5.32 Å². The van der Waals surface area contributed by atoms with Crippen LogP contribution in [0, 0.1) is 0 Å². The number of carbonyl (C=O) groups is 2. The smallest absolute Gasteiger partial charge is 0.339 e. The standard InChI is InChI=1S/C14H12ClNO3S/c1-2-8-6-7-11(20-8)13(17)16-10-5-3-4-9(15)12(10)14(18)19/h3-7H,2H2,1H3,(H,16,17)(H,18,19). The zero-order valence-corrected chi connectivity index (χ0v) is 12.2. The van der Waals surface area contributed by atoms with Crippen molar-refractivity contribution in [2.75, 3.05) is 5.32 Å². The highest BCUT2D eigenvalue weighted by molar-refractivity contribution is 7.14. The first-order valence-electron chi connectivity index (χ1n) is 5.94. The summed E-state index contributed by atoms with van der Waals surface area (Å²) >= 11 is 7.24. The van der Waals surface area contributed by atoms with Gasteiger partial charge in [-0.3, -0.25) is 4.79 Å². The highest BCUT2D eigenvalue weighted by atomic mass is 35.5. The first-order valence-corrected chi connectivity index (χ1v) is 7.14. The summed E-state index contributed by atoms with van der Waals surface area (Å²) in [5, 5.41) is 11.8. The lowest BCUT2D eigenvalue weighted by Crippen LogP contribution is -2.13. The molecule has 0 unspecified atom stereocenters. The Kier molecular flexibility index (Phi) is 4.42. The average molecular weight is 310 g/mol. The zero-order chi connectivity index (χ0) is 14.7. The van der Waals surface area contributed by atoms with Gasteiger partial charge in [-0.05, 0) is 30.7 Å². The molecule has 104 valence electrons. The molecule has 0 aliphatic rings. The molecule has 4 nitrogen and oxygen atoms in total. The second kappa shape index (κ2) is 6.07. The Labute approximate surface area is 125 Å². The van der Waals surface area contributed by atoms with E-state index >= 15 is 0 Å². The first kappa shape index (κ1) is 14.6. The van der Waals surface area contributed by atoms with E-state index in [4.69, 9.17) is 16.7 Å². The minimum Gasteiger partial charge on any atom is -0.478 e. The van der Waals surface area contributed by atoms with Crippen LogP contribution >= 0.6 is 22.9 Å². The molecule has 1 aromatic heterocycles. The maximum absolute atomic E-state index is 12.1. The Hall–Kier alpha value is -1.85. The molecule has 1 aromatic carbocycles. The van der Waals surface area contributed by atoms with Gasteiger partial charge in [0.15, 0.2) is 0 Å².